The van der Waals surface area contributed by atoms with Gasteiger partial charge in [-0.25, -0.2) is 4.98 Å². The summed E-state index contributed by atoms with van der Waals surface area (Å²) in [4.78, 5) is 29.0. The van der Waals surface area contributed by atoms with Crippen LogP contribution in [0.3, 0.4) is 0 Å². The van der Waals surface area contributed by atoms with Gasteiger partial charge in [-0.05, 0) is 36.2 Å². The van der Waals surface area contributed by atoms with E-state index in [4.69, 9.17) is 9.47 Å². The van der Waals surface area contributed by atoms with Crippen LogP contribution in [-0.2, 0) is 17.9 Å². The largest absolute Gasteiger partial charge is 0.493 e. The number of rotatable bonds is 8. The second-order valence-corrected chi connectivity index (χ2v) is 6.31. The number of hydrogen-bond acceptors (Lipinski definition) is 5. The third-order valence-corrected chi connectivity index (χ3v) is 4.22. The third-order valence-electron chi connectivity index (χ3n) is 4.22. The topological polar surface area (TPSA) is 82.5 Å². The molecule has 0 saturated carbocycles. The van der Waals surface area contributed by atoms with Crippen LogP contribution in [0.2, 0.25) is 0 Å². The van der Waals surface area contributed by atoms with Gasteiger partial charge in [0.1, 0.15) is 6.54 Å². The Labute approximate surface area is 162 Å². The molecule has 0 atom stereocenters. The molecule has 7 nitrogen and oxygen atoms in total. The second-order valence-electron chi connectivity index (χ2n) is 6.31. The molecule has 0 bridgehead atoms. The van der Waals surface area contributed by atoms with Crippen LogP contribution in [0.15, 0.2) is 53.6 Å². The Morgan fingerprint density at radius 2 is 2.00 bits per heavy atom. The molecule has 0 radical (unpaired) electrons. The molecule has 3 aromatic rings. The first kappa shape index (κ1) is 19.4. The minimum atomic E-state index is -0.274. The monoisotopic (exact) mass is 381 g/mol. The smallest absolute Gasteiger partial charge is 0.261 e. The van der Waals surface area contributed by atoms with Crippen LogP contribution in [-0.4, -0.2) is 29.2 Å². The third kappa shape index (κ3) is 4.49. The lowest BCUT2D eigenvalue weighted by atomic mass is 10.2. The lowest BCUT2D eigenvalue weighted by molar-refractivity contribution is -0.121. The number of ether oxygens (including phenoxy) is 2. The predicted molar refractivity (Wildman–Crippen MR) is 107 cm³/mol. The summed E-state index contributed by atoms with van der Waals surface area (Å²) in [6.45, 7) is 2.87. The molecule has 7 heteroatoms. The first-order valence-electron chi connectivity index (χ1n) is 9.13. The molecule has 1 heterocycles. The number of hydrogen-bond donors (Lipinski definition) is 1. The van der Waals surface area contributed by atoms with Crippen LogP contribution in [0.4, 0.5) is 0 Å². The molecule has 0 aliphatic carbocycles. The highest BCUT2D eigenvalue weighted by molar-refractivity contribution is 5.78. The summed E-state index contributed by atoms with van der Waals surface area (Å²) < 4.78 is 12.3. The lowest BCUT2D eigenvalue weighted by Gasteiger charge is -2.12. The highest BCUT2D eigenvalue weighted by Gasteiger charge is 2.09. The standard InChI is InChI=1S/C21H23N3O4/c1-3-10-28-18-9-8-15(11-19(18)27-2)12-22-20(25)13-24-14-23-17-7-5-4-6-16(17)21(24)26/h4-9,11,14H,3,10,12-13H2,1-2H3,(H,22,25). The van der Waals surface area contributed by atoms with E-state index in [9.17, 15) is 9.59 Å². The van der Waals surface area contributed by atoms with E-state index < -0.39 is 0 Å². The number of nitrogens with zero attached hydrogens (tertiary/aromatic N) is 2. The van der Waals surface area contributed by atoms with Crippen LogP contribution < -0.4 is 20.3 Å². The van der Waals surface area contributed by atoms with Crippen molar-refractivity contribution in [2.75, 3.05) is 13.7 Å². The molecule has 1 aromatic heterocycles. The van der Waals surface area contributed by atoms with Gasteiger partial charge in [-0.3, -0.25) is 14.2 Å². The molecule has 146 valence electrons. The SMILES string of the molecule is CCCOc1ccc(CNC(=O)Cn2cnc3ccccc3c2=O)cc1OC. The van der Waals surface area contributed by atoms with E-state index in [1.165, 1.54) is 10.9 Å². The summed E-state index contributed by atoms with van der Waals surface area (Å²) >= 11 is 0. The van der Waals surface area contributed by atoms with Gasteiger partial charge in [0.25, 0.3) is 5.56 Å². The van der Waals surface area contributed by atoms with E-state index in [2.05, 4.69) is 10.3 Å². The number of benzene rings is 2. The zero-order chi connectivity index (χ0) is 19.9. The van der Waals surface area contributed by atoms with Crippen molar-refractivity contribution < 1.29 is 14.3 Å². The van der Waals surface area contributed by atoms with Crippen LogP contribution in [0.5, 0.6) is 11.5 Å². The maximum absolute atomic E-state index is 12.5. The normalized spacial score (nSPS) is 10.6. The Morgan fingerprint density at radius 1 is 1.18 bits per heavy atom. The molecule has 2 aromatic carbocycles. The van der Waals surface area contributed by atoms with Crippen LogP contribution in [0, 0.1) is 0 Å². The molecule has 28 heavy (non-hydrogen) atoms. The molecular formula is C21H23N3O4. The van der Waals surface area contributed by atoms with Gasteiger partial charge >= 0.3 is 0 Å². The Kier molecular flexibility index (Phi) is 6.26. The minimum absolute atomic E-state index is 0.0918. The number of carbonyl (C=O) groups is 1. The van der Waals surface area contributed by atoms with Gasteiger partial charge in [0, 0.05) is 6.54 Å². The van der Waals surface area contributed by atoms with E-state index in [1.54, 1.807) is 25.3 Å². The Morgan fingerprint density at radius 3 is 2.79 bits per heavy atom. The zero-order valence-corrected chi connectivity index (χ0v) is 16.0. The van der Waals surface area contributed by atoms with Crippen molar-refractivity contribution >= 4 is 16.8 Å². The number of para-hydroxylation sites is 1. The fraction of sp³-hybridized carbons (Fsp3) is 0.286. The average molecular weight is 381 g/mol. The van der Waals surface area contributed by atoms with Gasteiger partial charge in [-0.1, -0.05) is 25.1 Å². The number of fused-ring (bicyclic) bond motifs is 1. The van der Waals surface area contributed by atoms with Gasteiger partial charge in [0.2, 0.25) is 5.91 Å². The Hall–Kier alpha value is -3.35. The maximum Gasteiger partial charge on any atom is 0.261 e. The van der Waals surface area contributed by atoms with Crippen LogP contribution in [0.25, 0.3) is 10.9 Å². The summed E-state index contributed by atoms with van der Waals surface area (Å²) in [5.74, 6) is 1.02. The summed E-state index contributed by atoms with van der Waals surface area (Å²) in [6.07, 6.45) is 2.30. The highest BCUT2D eigenvalue weighted by Crippen LogP contribution is 2.28. The van der Waals surface area contributed by atoms with Crippen molar-refractivity contribution in [3.63, 3.8) is 0 Å². The maximum atomic E-state index is 12.5. The predicted octanol–water partition coefficient (Wildman–Crippen LogP) is 2.51. The van der Waals surface area contributed by atoms with E-state index in [0.29, 0.717) is 35.6 Å². The minimum Gasteiger partial charge on any atom is -0.493 e. The quantitative estimate of drug-likeness (QED) is 0.648. The number of nitrogens with one attached hydrogen (secondary N) is 1. The first-order chi connectivity index (χ1) is 13.6. The number of methoxy groups -OCH3 is 1. The van der Waals surface area contributed by atoms with E-state index >= 15 is 0 Å². The fourth-order valence-corrected chi connectivity index (χ4v) is 2.78. The van der Waals surface area contributed by atoms with Crippen molar-refractivity contribution in [3.05, 3.63) is 64.7 Å². The van der Waals surface area contributed by atoms with Gasteiger partial charge in [-0.2, -0.15) is 0 Å². The van der Waals surface area contributed by atoms with Crippen LogP contribution >= 0.6 is 0 Å². The number of carbonyl (C=O) groups excluding carboxylic acids is 1. The molecule has 0 aliphatic heterocycles. The van der Waals surface area contributed by atoms with Crippen molar-refractivity contribution in [2.45, 2.75) is 26.4 Å². The van der Waals surface area contributed by atoms with Crippen LogP contribution in [0.1, 0.15) is 18.9 Å². The van der Waals surface area contributed by atoms with Gasteiger partial charge in [0.05, 0.1) is 30.9 Å². The number of aromatic nitrogens is 2. The summed E-state index contributed by atoms with van der Waals surface area (Å²) in [7, 11) is 1.58. The average Bonchev–Trinajstić information content (AvgIpc) is 2.73. The molecule has 1 amide bonds. The van der Waals surface area contributed by atoms with Crippen molar-refractivity contribution in [1.29, 1.82) is 0 Å². The Bertz CT molecular complexity index is 1030. The van der Waals surface area contributed by atoms with E-state index in [-0.39, 0.29) is 18.0 Å². The van der Waals surface area contributed by atoms with E-state index in [1.807, 2.05) is 31.2 Å². The fourth-order valence-electron chi connectivity index (χ4n) is 2.78. The molecule has 0 unspecified atom stereocenters. The summed E-state index contributed by atoms with van der Waals surface area (Å²) in [6, 6.07) is 12.6. The molecule has 0 spiro atoms. The highest BCUT2D eigenvalue weighted by atomic mass is 16.5. The molecular weight excluding hydrogens is 358 g/mol. The van der Waals surface area contributed by atoms with Gasteiger partial charge < -0.3 is 14.8 Å². The van der Waals surface area contributed by atoms with Gasteiger partial charge in [-0.15, -0.1) is 0 Å². The summed E-state index contributed by atoms with van der Waals surface area (Å²) in [5.41, 5.74) is 1.25. The lowest BCUT2D eigenvalue weighted by Crippen LogP contribution is -2.32. The van der Waals surface area contributed by atoms with Crippen molar-refractivity contribution in [3.8, 4) is 11.5 Å². The van der Waals surface area contributed by atoms with Crippen molar-refractivity contribution in [2.24, 2.45) is 0 Å². The molecule has 3 rings (SSSR count). The number of amides is 1. The Balaban J connectivity index is 1.64. The molecule has 1 N–H and O–H groups in total. The summed E-state index contributed by atoms with van der Waals surface area (Å²) in [5, 5.41) is 3.30. The first-order valence-corrected chi connectivity index (χ1v) is 9.13. The second kappa shape index (κ2) is 9.03. The zero-order valence-electron chi connectivity index (χ0n) is 16.0. The molecule has 0 saturated heterocycles. The molecule has 0 fully saturated rings. The molecule has 0 aliphatic rings. The van der Waals surface area contributed by atoms with E-state index in [0.717, 1.165) is 12.0 Å². The van der Waals surface area contributed by atoms with Crippen molar-refractivity contribution in [1.82, 2.24) is 14.9 Å². The van der Waals surface area contributed by atoms with Gasteiger partial charge in [0.15, 0.2) is 11.5 Å².